The third-order valence-electron chi connectivity index (χ3n) is 4.10. The molecule has 3 aliphatic rings. The molecule has 0 radical (unpaired) electrons. The van der Waals surface area contributed by atoms with Crippen molar-refractivity contribution in [3.63, 3.8) is 0 Å². The first kappa shape index (κ1) is 15.1. The van der Waals surface area contributed by atoms with Gasteiger partial charge in [0.2, 0.25) is 5.91 Å². The molecule has 0 aromatic carbocycles. The molecule has 1 atom stereocenters. The largest absolute Gasteiger partial charge is 0.572 e. The Balaban J connectivity index is 2.06. The second-order valence-corrected chi connectivity index (χ2v) is 5.90. The molecule has 0 bridgehead atoms. The smallest absolute Gasteiger partial charge is 0.409 e. The van der Waals surface area contributed by atoms with Crippen molar-refractivity contribution in [1.29, 1.82) is 0 Å². The fraction of sp³-hybridized carbons (Fsp3) is 0.533. The Bertz CT molecular complexity index is 602. The molecule has 1 saturated heterocycles. The number of alkyl halides is 3. The van der Waals surface area contributed by atoms with Crippen molar-refractivity contribution < 1.29 is 22.7 Å². The zero-order valence-corrected chi connectivity index (χ0v) is 12.3. The number of hydrogen-bond acceptors (Lipinski definition) is 3. The van der Waals surface area contributed by atoms with Gasteiger partial charge in [0.25, 0.3) is 0 Å². The number of halogens is 3. The second-order valence-electron chi connectivity index (χ2n) is 5.90. The van der Waals surface area contributed by atoms with Crippen molar-refractivity contribution >= 4 is 5.91 Å². The minimum absolute atomic E-state index is 0.0431. The predicted molar refractivity (Wildman–Crippen MR) is 73.2 cm³/mol. The fourth-order valence-electron chi connectivity index (χ4n) is 3.05. The van der Waals surface area contributed by atoms with Crippen LogP contribution in [-0.2, 0) is 9.53 Å². The van der Waals surface area contributed by atoms with E-state index < -0.39 is 12.3 Å². The summed E-state index contributed by atoms with van der Waals surface area (Å²) in [6, 6.07) is 0. The highest BCUT2D eigenvalue weighted by molar-refractivity contribution is 5.91. The van der Waals surface area contributed by atoms with E-state index in [1.807, 2.05) is 19.9 Å². The van der Waals surface area contributed by atoms with Crippen LogP contribution in [0, 0.1) is 11.8 Å². The molecule has 120 valence electrons. The van der Waals surface area contributed by atoms with E-state index in [0.29, 0.717) is 25.2 Å². The second kappa shape index (κ2) is 5.15. The van der Waals surface area contributed by atoms with Gasteiger partial charge in [0.15, 0.2) is 0 Å². The van der Waals surface area contributed by atoms with Gasteiger partial charge in [-0.15, -0.1) is 13.2 Å². The van der Waals surface area contributed by atoms with Crippen LogP contribution in [-0.4, -0.2) is 36.8 Å². The summed E-state index contributed by atoms with van der Waals surface area (Å²) in [4.78, 5) is 14.1. The van der Waals surface area contributed by atoms with Crippen LogP contribution in [0.2, 0.25) is 0 Å². The molecule has 4 nitrogen and oxygen atoms in total. The van der Waals surface area contributed by atoms with Gasteiger partial charge in [0, 0.05) is 25.3 Å². The lowest BCUT2D eigenvalue weighted by atomic mass is 9.86. The Hall–Kier alpha value is -1.76. The van der Waals surface area contributed by atoms with E-state index in [2.05, 4.69) is 10.1 Å². The molecule has 3 rings (SSSR count). The van der Waals surface area contributed by atoms with Crippen molar-refractivity contribution in [2.75, 3.05) is 19.6 Å². The predicted octanol–water partition coefficient (Wildman–Crippen LogP) is 2.32. The number of allylic oxidation sites excluding steroid dienone is 3. The molecule has 2 heterocycles. The third kappa shape index (κ3) is 2.54. The third-order valence-corrected chi connectivity index (χ3v) is 4.10. The molecular weight excluding hydrogens is 297 g/mol. The van der Waals surface area contributed by atoms with Crippen LogP contribution < -0.4 is 5.32 Å². The fourth-order valence-corrected chi connectivity index (χ4v) is 3.05. The Kier molecular flexibility index (Phi) is 3.55. The lowest BCUT2D eigenvalue weighted by Crippen LogP contribution is -2.43. The summed E-state index contributed by atoms with van der Waals surface area (Å²) in [7, 11) is 0. The van der Waals surface area contributed by atoms with Crippen LogP contribution in [0.25, 0.3) is 0 Å². The van der Waals surface area contributed by atoms with Gasteiger partial charge in [-0.05, 0) is 23.1 Å². The molecule has 0 spiro atoms. The molecular formula is C15H17F3N2O2. The van der Waals surface area contributed by atoms with Gasteiger partial charge < -0.3 is 15.0 Å². The zero-order chi connectivity index (χ0) is 16.1. The Morgan fingerprint density at radius 1 is 1.36 bits per heavy atom. The number of rotatable bonds is 2. The zero-order valence-electron chi connectivity index (χ0n) is 12.3. The number of hydrogen-bond donors (Lipinski definition) is 1. The average molecular weight is 314 g/mol. The van der Waals surface area contributed by atoms with Crippen molar-refractivity contribution in [2.24, 2.45) is 11.8 Å². The van der Waals surface area contributed by atoms with Gasteiger partial charge in [0.05, 0.1) is 0 Å². The molecule has 1 aliphatic carbocycles. The maximum absolute atomic E-state index is 12.7. The van der Waals surface area contributed by atoms with Crippen LogP contribution >= 0.6 is 0 Å². The molecule has 0 aromatic heterocycles. The van der Waals surface area contributed by atoms with Gasteiger partial charge in [-0.3, -0.25) is 4.79 Å². The SMILES string of the molecule is CC(C)C1=CC2=C3CNCCN3C(=O)C2C(OC(F)(F)F)=C1. The highest BCUT2D eigenvalue weighted by Crippen LogP contribution is 2.43. The van der Waals surface area contributed by atoms with E-state index in [-0.39, 0.29) is 17.6 Å². The highest BCUT2D eigenvalue weighted by atomic mass is 19.4. The average Bonchev–Trinajstić information content (AvgIpc) is 2.71. The Morgan fingerprint density at radius 3 is 2.73 bits per heavy atom. The van der Waals surface area contributed by atoms with Gasteiger partial charge >= 0.3 is 6.36 Å². The van der Waals surface area contributed by atoms with Crippen LogP contribution in [0.3, 0.4) is 0 Å². The number of fused-ring (bicyclic) bond motifs is 2. The lowest BCUT2D eigenvalue weighted by Gasteiger charge is -2.26. The number of ether oxygens (including phenoxy) is 1. The van der Waals surface area contributed by atoms with Gasteiger partial charge in [0.1, 0.15) is 11.7 Å². The van der Waals surface area contributed by atoms with Gasteiger partial charge in [-0.2, -0.15) is 0 Å². The number of nitrogens with zero attached hydrogens (tertiary/aromatic N) is 1. The molecule has 22 heavy (non-hydrogen) atoms. The number of carbonyl (C=O) groups excluding carboxylic acids is 1. The summed E-state index contributed by atoms with van der Waals surface area (Å²) < 4.78 is 42.2. The molecule has 1 unspecified atom stereocenters. The summed E-state index contributed by atoms with van der Waals surface area (Å²) >= 11 is 0. The summed E-state index contributed by atoms with van der Waals surface area (Å²) in [5.74, 6) is -1.58. The molecule has 1 amide bonds. The molecule has 0 aromatic rings. The van der Waals surface area contributed by atoms with Crippen molar-refractivity contribution in [1.82, 2.24) is 10.2 Å². The molecule has 7 heteroatoms. The molecule has 1 fully saturated rings. The highest BCUT2D eigenvalue weighted by Gasteiger charge is 2.47. The van der Waals surface area contributed by atoms with Crippen molar-refractivity contribution in [2.45, 2.75) is 20.2 Å². The quantitative estimate of drug-likeness (QED) is 0.850. The van der Waals surface area contributed by atoms with Crippen LogP contribution in [0.1, 0.15) is 13.8 Å². The van der Waals surface area contributed by atoms with E-state index in [0.717, 1.165) is 11.3 Å². The normalized spacial score (nSPS) is 25.1. The number of nitrogens with one attached hydrogen (secondary N) is 1. The standard InChI is InChI=1S/C15H17F3N2O2/c1-8(2)9-5-10-11-7-19-3-4-20(11)14(21)13(10)12(6-9)22-15(16,17)18/h5-6,8,13,19H,3-4,7H2,1-2H3. The number of carbonyl (C=O) groups is 1. The van der Waals surface area contributed by atoms with E-state index in [1.165, 1.54) is 6.08 Å². The van der Waals surface area contributed by atoms with Crippen molar-refractivity contribution in [3.8, 4) is 0 Å². The van der Waals surface area contributed by atoms with E-state index in [4.69, 9.17) is 0 Å². The van der Waals surface area contributed by atoms with Gasteiger partial charge in [-0.25, -0.2) is 0 Å². The number of amides is 1. The first-order chi connectivity index (χ1) is 10.3. The first-order valence-corrected chi connectivity index (χ1v) is 7.22. The van der Waals surface area contributed by atoms with E-state index in [1.54, 1.807) is 4.90 Å². The molecule has 0 saturated carbocycles. The van der Waals surface area contributed by atoms with Crippen LogP contribution in [0.4, 0.5) is 13.2 Å². The minimum atomic E-state index is -4.80. The Labute approximate surface area is 126 Å². The maximum Gasteiger partial charge on any atom is 0.572 e. The van der Waals surface area contributed by atoms with Crippen LogP contribution in [0.15, 0.2) is 34.8 Å². The lowest BCUT2D eigenvalue weighted by molar-refractivity contribution is -0.307. The first-order valence-electron chi connectivity index (χ1n) is 7.22. The summed E-state index contributed by atoms with van der Waals surface area (Å²) in [5, 5.41) is 3.15. The van der Waals surface area contributed by atoms with Crippen molar-refractivity contribution in [3.05, 3.63) is 34.8 Å². The van der Waals surface area contributed by atoms with Gasteiger partial charge in [-0.1, -0.05) is 19.9 Å². The van der Waals surface area contributed by atoms with E-state index >= 15 is 0 Å². The summed E-state index contributed by atoms with van der Waals surface area (Å²) in [5.41, 5.74) is 2.12. The molecule has 1 N–H and O–H groups in total. The topological polar surface area (TPSA) is 41.6 Å². The summed E-state index contributed by atoms with van der Waals surface area (Å²) in [6.07, 6.45) is -1.61. The number of piperazine rings is 1. The Morgan fingerprint density at radius 2 is 2.09 bits per heavy atom. The monoisotopic (exact) mass is 314 g/mol. The van der Waals surface area contributed by atoms with E-state index in [9.17, 15) is 18.0 Å². The van der Waals surface area contributed by atoms with Crippen LogP contribution in [0.5, 0.6) is 0 Å². The summed E-state index contributed by atoms with van der Waals surface area (Å²) in [6.45, 7) is 5.38. The minimum Gasteiger partial charge on any atom is -0.409 e. The maximum atomic E-state index is 12.7. The molecule has 2 aliphatic heterocycles.